The van der Waals surface area contributed by atoms with Gasteiger partial charge in [0.25, 0.3) is 5.91 Å². The molecule has 0 saturated carbocycles. The summed E-state index contributed by atoms with van der Waals surface area (Å²) < 4.78 is 6.72. The highest BCUT2D eigenvalue weighted by Gasteiger charge is 2.08. The van der Waals surface area contributed by atoms with Gasteiger partial charge in [0, 0.05) is 12.1 Å². The number of aromatic nitrogens is 4. The second-order valence-corrected chi connectivity index (χ2v) is 5.22. The molecule has 1 aromatic heterocycles. The molecule has 0 aliphatic rings. The number of amides is 1. The first-order valence-electron chi connectivity index (χ1n) is 7.44. The van der Waals surface area contributed by atoms with Crippen LogP contribution >= 0.6 is 0 Å². The molecule has 0 saturated heterocycles. The minimum absolute atomic E-state index is 0.134. The molecule has 7 heteroatoms. The molecule has 2 aromatic carbocycles. The molecule has 0 radical (unpaired) electrons. The summed E-state index contributed by atoms with van der Waals surface area (Å²) in [7, 11) is 1.62. The molecule has 0 bridgehead atoms. The Balaban J connectivity index is 1.63. The Morgan fingerprint density at radius 2 is 1.83 bits per heavy atom. The predicted octanol–water partition coefficient (Wildman–Crippen LogP) is 1.91. The number of hydrogen-bond acceptors (Lipinski definition) is 5. The van der Waals surface area contributed by atoms with Crippen molar-refractivity contribution in [3.63, 3.8) is 0 Å². The van der Waals surface area contributed by atoms with Gasteiger partial charge >= 0.3 is 0 Å². The van der Waals surface area contributed by atoms with Crippen LogP contribution in [0.15, 0.2) is 48.5 Å². The topological polar surface area (TPSA) is 81.9 Å². The van der Waals surface area contributed by atoms with Crippen molar-refractivity contribution in [1.82, 2.24) is 25.5 Å². The van der Waals surface area contributed by atoms with E-state index < -0.39 is 0 Å². The van der Waals surface area contributed by atoms with Crippen molar-refractivity contribution in [3.8, 4) is 11.4 Å². The van der Waals surface area contributed by atoms with Gasteiger partial charge in [-0.3, -0.25) is 4.79 Å². The number of methoxy groups -OCH3 is 1. The minimum Gasteiger partial charge on any atom is -0.497 e. The van der Waals surface area contributed by atoms with Crippen LogP contribution in [0.2, 0.25) is 0 Å². The smallest absolute Gasteiger partial charge is 0.251 e. The number of benzene rings is 2. The van der Waals surface area contributed by atoms with Crippen LogP contribution in [-0.4, -0.2) is 33.2 Å². The average Bonchev–Trinajstić information content (AvgIpc) is 3.06. The molecule has 122 valence electrons. The lowest BCUT2D eigenvalue weighted by Crippen LogP contribution is -2.22. The zero-order valence-corrected chi connectivity index (χ0v) is 13.4. The van der Waals surface area contributed by atoms with Crippen LogP contribution in [-0.2, 0) is 6.54 Å². The number of aryl methyl sites for hydroxylation is 1. The van der Waals surface area contributed by atoms with Gasteiger partial charge in [-0.05, 0) is 59.3 Å². The van der Waals surface area contributed by atoms with E-state index in [2.05, 4.69) is 20.8 Å². The first-order valence-corrected chi connectivity index (χ1v) is 7.44. The summed E-state index contributed by atoms with van der Waals surface area (Å²) in [5.74, 6) is 1.34. The van der Waals surface area contributed by atoms with Crippen LogP contribution < -0.4 is 10.1 Å². The van der Waals surface area contributed by atoms with Crippen LogP contribution in [0.5, 0.6) is 5.75 Å². The van der Waals surface area contributed by atoms with E-state index >= 15 is 0 Å². The maximum absolute atomic E-state index is 12.2. The standard InChI is InChI=1S/C17H17N5O2/c1-12-19-20-21-22(12)15-7-5-14(6-8-15)17(23)18-11-13-3-9-16(24-2)10-4-13/h3-10H,11H2,1-2H3,(H,18,23). The molecule has 0 spiro atoms. The number of tetrazole rings is 1. The first kappa shape index (κ1) is 15.7. The predicted molar refractivity (Wildman–Crippen MR) is 88.1 cm³/mol. The molecule has 1 N–H and O–H groups in total. The first-order chi connectivity index (χ1) is 11.7. The minimum atomic E-state index is -0.134. The van der Waals surface area contributed by atoms with Crippen LogP contribution in [0.25, 0.3) is 5.69 Å². The third kappa shape index (κ3) is 3.40. The quantitative estimate of drug-likeness (QED) is 0.775. The molecule has 1 heterocycles. The zero-order valence-electron chi connectivity index (χ0n) is 13.4. The summed E-state index contributed by atoms with van der Waals surface area (Å²) in [4.78, 5) is 12.2. The molecule has 3 rings (SSSR count). The fourth-order valence-corrected chi connectivity index (χ4v) is 2.25. The molecule has 0 aliphatic carbocycles. The summed E-state index contributed by atoms with van der Waals surface area (Å²) in [6.07, 6.45) is 0. The second kappa shape index (κ2) is 6.91. The number of nitrogens with zero attached hydrogens (tertiary/aromatic N) is 4. The van der Waals surface area contributed by atoms with Crippen molar-refractivity contribution in [2.24, 2.45) is 0 Å². The van der Waals surface area contributed by atoms with Crippen molar-refractivity contribution >= 4 is 5.91 Å². The van der Waals surface area contributed by atoms with Gasteiger partial charge in [0.15, 0.2) is 5.82 Å². The maximum Gasteiger partial charge on any atom is 0.251 e. The van der Waals surface area contributed by atoms with E-state index in [1.54, 1.807) is 23.9 Å². The van der Waals surface area contributed by atoms with Gasteiger partial charge in [-0.15, -0.1) is 5.10 Å². The van der Waals surface area contributed by atoms with Crippen molar-refractivity contribution < 1.29 is 9.53 Å². The van der Waals surface area contributed by atoms with E-state index in [1.807, 2.05) is 43.3 Å². The Labute approximate surface area is 139 Å². The largest absolute Gasteiger partial charge is 0.497 e. The lowest BCUT2D eigenvalue weighted by atomic mass is 10.1. The molecule has 0 fully saturated rings. The Hall–Kier alpha value is -3.22. The third-order valence-electron chi connectivity index (χ3n) is 3.61. The fourth-order valence-electron chi connectivity index (χ4n) is 2.25. The van der Waals surface area contributed by atoms with Gasteiger partial charge in [0.2, 0.25) is 0 Å². The fraction of sp³-hybridized carbons (Fsp3) is 0.176. The molecule has 7 nitrogen and oxygen atoms in total. The Morgan fingerprint density at radius 1 is 1.12 bits per heavy atom. The number of hydrogen-bond donors (Lipinski definition) is 1. The molecule has 0 atom stereocenters. The van der Waals surface area contributed by atoms with Gasteiger partial charge in [-0.1, -0.05) is 12.1 Å². The summed E-state index contributed by atoms with van der Waals surface area (Å²) in [6, 6.07) is 14.7. The lowest BCUT2D eigenvalue weighted by Gasteiger charge is -2.07. The highest BCUT2D eigenvalue weighted by molar-refractivity contribution is 5.94. The molecular formula is C17H17N5O2. The van der Waals surface area contributed by atoms with Gasteiger partial charge in [0.1, 0.15) is 5.75 Å². The van der Waals surface area contributed by atoms with Crippen molar-refractivity contribution in [2.75, 3.05) is 7.11 Å². The summed E-state index contributed by atoms with van der Waals surface area (Å²) in [5.41, 5.74) is 2.40. The van der Waals surface area contributed by atoms with E-state index in [0.717, 1.165) is 17.0 Å². The normalized spacial score (nSPS) is 10.4. The SMILES string of the molecule is COc1ccc(CNC(=O)c2ccc(-n3nnnc3C)cc2)cc1. The van der Waals surface area contributed by atoms with Crippen molar-refractivity contribution in [2.45, 2.75) is 13.5 Å². The van der Waals surface area contributed by atoms with E-state index in [1.165, 1.54) is 0 Å². The zero-order chi connectivity index (χ0) is 16.9. The van der Waals surface area contributed by atoms with Crippen molar-refractivity contribution in [3.05, 3.63) is 65.5 Å². The number of ether oxygens (including phenoxy) is 1. The van der Waals surface area contributed by atoms with E-state index in [9.17, 15) is 4.79 Å². The van der Waals surface area contributed by atoms with Gasteiger partial charge in [-0.25, -0.2) is 0 Å². The average molecular weight is 323 g/mol. The van der Waals surface area contributed by atoms with E-state index in [0.29, 0.717) is 17.9 Å². The highest BCUT2D eigenvalue weighted by Crippen LogP contribution is 2.12. The number of carbonyl (C=O) groups is 1. The van der Waals surface area contributed by atoms with E-state index in [4.69, 9.17) is 4.74 Å². The summed E-state index contributed by atoms with van der Waals surface area (Å²) in [6.45, 7) is 2.27. The molecule has 3 aromatic rings. The number of rotatable bonds is 5. The van der Waals surface area contributed by atoms with Crippen LogP contribution in [0.3, 0.4) is 0 Å². The Bertz CT molecular complexity index is 825. The molecule has 24 heavy (non-hydrogen) atoms. The summed E-state index contributed by atoms with van der Waals surface area (Å²) >= 11 is 0. The number of nitrogens with one attached hydrogen (secondary N) is 1. The van der Waals surface area contributed by atoms with Crippen LogP contribution in [0.4, 0.5) is 0 Å². The van der Waals surface area contributed by atoms with Crippen LogP contribution in [0, 0.1) is 6.92 Å². The maximum atomic E-state index is 12.2. The molecular weight excluding hydrogens is 306 g/mol. The number of carbonyl (C=O) groups excluding carboxylic acids is 1. The Kier molecular flexibility index (Phi) is 4.51. The van der Waals surface area contributed by atoms with Gasteiger partial charge in [0.05, 0.1) is 12.8 Å². The molecule has 0 unspecified atom stereocenters. The summed E-state index contributed by atoms with van der Waals surface area (Å²) in [5, 5.41) is 14.2. The molecule has 0 aliphatic heterocycles. The van der Waals surface area contributed by atoms with Gasteiger partial charge < -0.3 is 10.1 Å². The van der Waals surface area contributed by atoms with E-state index in [-0.39, 0.29) is 5.91 Å². The van der Waals surface area contributed by atoms with Crippen LogP contribution in [0.1, 0.15) is 21.7 Å². The highest BCUT2D eigenvalue weighted by atomic mass is 16.5. The van der Waals surface area contributed by atoms with Gasteiger partial charge in [-0.2, -0.15) is 4.68 Å². The lowest BCUT2D eigenvalue weighted by molar-refractivity contribution is 0.0951. The Morgan fingerprint density at radius 3 is 2.42 bits per heavy atom. The monoisotopic (exact) mass is 323 g/mol. The second-order valence-electron chi connectivity index (χ2n) is 5.22. The molecule has 1 amide bonds. The third-order valence-corrected chi connectivity index (χ3v) is 3.61. The van der Waals surface area contributed by atoms with Crippen molar-refractivity contribution in [1.29, 1.82) is 0 Å².